The molecule has 1 atom stereocenters. The fourth-order valence-corrected chi connectivity index (χ4v) is 4.17. The summed E-state index contributed by atoms with van der Waals surface area (Å²) in [4.78, 5) is 10.9. The molecule has 0 saturated carbocycles. The number of benzene rings is 2. The van der Waals surface area contributed by atoms with Gasteiger partial charge in [-0.15, -0.1) is 12.4 Å². The molecule has 4 rings (SSSR count). The number of anilines is 2. The molecule has 178 valence electrons. The van der Waals surface area contributed by atoms with Gasteiger partial charge in [0, 0.05) is 22.5 Å². The molecule has 2 N–H and O–H groups in total. The van der Waals surface area contributed by atoms with Crippen LogP contribution in [0.2, 0.25) is 0 Å². The molecular weight excluding hydrogens is 515 g/mol. The first-order valence-corrected chi connectivity index (χ1v) is 11.4. The van der Waals surface area contributed by atoms with Gasteiger partial charge in [0.05, 0.1) is 18.3 Å². The van der Waals surface area contributed by atoms with Crippen LogP contribution in [0, 0.1) is 5.82 Å². The zero-order chi connectivity index (χ0) is 22.5. The number of hydrogen-bond acceptors (Lipinski definition) is 7. The molecule has 0 radical (unpaired) electrons. The van der Waals surface area contributed by atoms with Gasteiger partial charge in [0.25, 0.3) is 0 Å². The fraction of sp³-hybridized carbons (Fsp3) is 0.391. The molecule has 1 aliphatic heterocycles. The predicted octanol–water partition coefficient (Wildman–Crippen LogP) is 4.93. The molecule has 1 fully saturated rings. The summed E-state index contributed by atoms with van der Waals surface area (Å²) in [6.45, 7) is 2.77. The first kappa shape index (κ1) is 25.4. The minimum absolute atomic E-state index is 0. The van der Waals surface area contributed by atoms with E-state index in [0.717, 1.165) is 13.1 Å². The van der Waals surface area contributed by atoms with E-state index in [4.69, 9.17) is 9.47 Å². The highest BCUT2D eigenvalue weighted by atomic mass is 79.9. The molecule has 1 unspecified atom stereocenters. The van der Waals surface area contributed by atoms with Crippen molar-refractivity contribution in [3.63, 3.8) is 0 Å². The lowest BCUT2D eigenvalue weighted by Crippen LogP contribution is -2.38. The maximum atomic E-state index is 14.3. The van der Waals surface area contributed by atoms with Crippen molar-refractivity contribution in [1.29, 1.82) is 0 Å². The number of rotatable bonds is 8. The molecule has 2 aromatic carbocycles. The number of β-amino-alcohol motifs (C(OH)–C–C–N with tert-alkyl or cyclic N) is 1. The number of piperidine rings is 1. The number of hydrogen-bond donors (Lipinski definition) is 2. The van der Waals surface area contributed by atoms with Gasteiger partial charge in [-0.3, -0.25) is 0 Å². The quantitative estimate of drug-likeness (QED) is 0.419. The summed E-state index contributed by atoms with van der Waals surface area (Å²) in [5, 5.41) is 14.1. The third-order valence-corrected chi connectivity index (χ3v) is 5.95. The Morgan fingerprint density at radius 2 is 1.94 bits per heavy atom. The molecule has 7 nitrogen and oxygen atoms in total. The summed E-state index contributed by atoms with van der Waals surface area (Å²) in [5.74, 6) is 1.01. The Labute approximate surface area is 206 Å². The minimum Gasteiger partial charge on any atom is -0.493 e. The van der Waals surface area contributed by atoms with Crippen LogP contribution in [0.3, 0.4) is 0 Å². The highest BCUT2D eigenvalue weighted by Gasteiger charge is 2.17. The second-order valence-corrected chi connectivity index (χ2v) is 8.73. The van der Waals surface area contributed by atoms with Crippen LogP contribution in [-0.4, -0.2) is 59.4 Å². The van der Waals surface area contributed by atoms with Crippen molar-refractivity contribution in [1.82, 2.24) is 14.9 Å². The van der Waals surface area contributed by atoms with E-state index in [9.17, 15) is 9.50 Å². The summed E-state index contributed by atoms with van der Waals surface area (Å²) in [6, 6.07) is 8.25. The molecule has 10 heteroatoms. The molecule has 0 bridgehead atoms. The van der Waals surface area contributed by atoms with E-state index in [-0.39, 0.29) is 19.0 Å². The third-order valence-electron chi connectivity index (χ3n) is 5.45. The van der Waals surface area contributed by atoms with Gasteiger partial charge >= 0.3 is 0 Å². The Morgan fingerprint density at radius 3 is 2.67 bits per heavy atom. The summed E-state index contributed by atoms with van der Waals surface area (Å²) in [6.07, 6.45) is 4.41. The first-order chi connectivity index (χ1) is 15.5. The van der Waals surface area contributed by atoms with Crippen LogP contribution in [0.5, 0.6) is 11.5 Å². The average molecular weight is 542 g/mol. The van der Waals surface area contributed by atoms with E-state index in [1.807, 2.05) is 0 Å². The van der Waals surface area contributed by atoms with Crippen molar-refractivity contribution in [3.05, 3.63) is 46.9 Å². The van der Waals surface area contributed by atoms with Gasteiger partial charge in [0.1, 0.15) is 30.7 Å². The van der Waals surface area contributed by atoms with Crippen molar-refractivity contribution in [2.24, 2.45) is 0 Å². The normalized spacial score (nSPS) is 15.0. The highest BCUT2D eigenvalue weighted by molar-refractivity contribution is 9.10. The van der Waals surface area contributed by atoms with Crippen LogP contribution in [-0.2, 0) is 0 Å². The number of methoxy groups -OCH3 is 1. The van der Waals surface area contributed by atoms with E-state index in [1.165, 1.54) is 31.7 Å². The number of aliphatic hydroxyl groups is 1. The highest BCUT2D eigenvalue weighted by Crippen LogP contribution is 2.35. The Morgan fingerprint density at radius 1 is 1.15 bits per heavy atom. The zero-order valence-corrected chi connectivity index (χ0v) is 20.7. The maximum absolute atomic E-state index is 14.3. The number of nitrogens with one attached hydrogen (secondary N) is 1. The smallest absolute Gasteiger partial charge is 0.163 e. The maximum Gasteiger partial charge on any atom is 0.163 e. The Balaban J connectivity index is 0.00000306. The summed E-state index contributed by atoms with van der Waals surface area (Å²) in [5.41, 5.74) is 0.912. The van der Waals surface area contributed by atoms with E-state index < -0.39 is 11.9 Å². The minimum atomic E-state index is -0.600. The standard InChI is InChI=1S/C23H26BrFN4O3.ClH/c1-31-21-10-17-20(11-22(21)32-13-16(30)12-29-7-3-2-4-8-29)26-14-27-23(17)28-19-6-5-15(24)9-18(19)25;/h5-6,9-11,14,16,30H,2-4,7-8,12-13H2,1H3,(H,26,27,28);1H. The van der Waals surface area contributed by atoms with Crippen molar-refractivity contribution < 1.29 is 19.0 Å². The van der Waals surface area contributed by atoms with Gasteiger partial charge in [0.2, 0.25) is 0 Å². The average Bonchev–Trinajstić information content (AvgIpc) is 2.79. The number of likely N-dealkylation sites (tertiary alicyclic amines) is 1. The number of nitrogens with zero attached hydrogens (tertiary/aromatic N) is 3. The summed E-state index contributed by atoms with van der Waals surface area (Å²) >= 11 is 3.26. The fourth-order valence-electron chi connectivity index (χ4n) is 3.83. The second-order valence-electron chi connectivity index (χ2n) is 7.82. The van der Waals surface area contributed by atoms with Gasteiger partial charge in [-0.1, -0.05) is 22.4 Å². The molecule has 33 heavy (non-hydrogen) atoms. The lowest BCUT2D eigenvalue weighted by molar-refractivity contribution is 0.0609. The van der Waals surface area contributed by atoms with Gasteiger partial charge in [-0.05, 0) is 50.2 Å². The topological polar surface area (TPSA) is 79.7 Å². The largest absolute Gasteiger partial charge is 0.493 e. The van der Waals surface area contributed by atoms with Crippen molar-refractivity contribution in [2.75, 3.05) is 38.7 Å². The molecule has 0 aliphatic carbocycles. The van der Waals surface area contributed by atoms with Gasteiger partial charge < -0.3 is 24.8 Å². The van der Waals surface area contributed by atoms with Crippen molar-refractivity contribution in [2.45, 2.75) is 25.4 Å². The lowest BCUT2D eigenvalue weighted by atomic mass is 10.1. The van der Waals surface area contributed by atoms with Gasteiger partial charge in [-0.2, -0.15) is 0 Å². The molecule has 3 aromatic rings. The number of ether oxygens (including phenoxy) is 2. The molecule has 1 aliphatic rings. The molecule has 1 saturated heterocycles. The molecule has 2 heterocycles. The second kappa shape index (κ2) is 11.8. The van der Waals surface area contributed by atoms with Gasteiger partial charge in [0.15, 0.2) is 11.5 Å². The zero-order valence-electron chi connectivity index (χ0n) is 18.3. The first-order valence-electron chi connectivity index (χ1n) is 10.6. The van der Waals surface area contributed by atoms with Crippen LogP contribution in [0.4, 0.5) is 15.9 Å². The molecule has 0 spiro atoms. The van der Waals surface area contributed by atoms with Gasteiger partial charge in [-0.25, -0.2) is 14.4 Å². The van der Waals surface area contributed by atoms with Crippen LogP contribution in [0.15, 0.2) is 41.1 Å². The Hall–Kier alpha value is -2.20. The van der Waals surface area contributed by atoms with Crippen LogP contribution in [0.1, 0.15) is 19.3 Å². The van der Waals surface area contributed by atoms with E-state index in [1.54, 1.807) is 31.4 Å². The van der Waals surface area contributed by atoms with E-state index in [0.29, 0.717) is 44.9 Å². The number of halogens is 3. The van der Waals surface area contributed by atoms with E-state index in [2.05, 4.69) is 36.1 Å². The van der Waals surface area contributed by atoms with E-state index >= 15 is 0 Å². The summed E-state index contributed by atoms with van der Waals surface area (Å²) in [7, 11) is 1.55. The Kier molecular flexibility index (Phi) is 9.08. The van der Waals surface area contributed by atoms with Crippen molar-refractivity contribution in [3.8, 4) is 11.5 Å². The lowest BCUT2D eigenvalue weighted by Gasteiger charge is -2.28. The third kappa shape index (κ3) is 6.44. The number of aromatic nitrogens is 2. The Bertz CT molecular complexity index is 1090. The number of fused-ring (bicyclic) bond motifs is 1. The molecule has 1 aromatic heterocycles. The van der Waals surface area contributed by atoms with Crippen LogP contribution >= 0.6 is 28.3 Å². The monoisotopic (exact) mass is 540 g/mol. The van der Waals surface area contributed by atoms with Crippen LogP contribution < -0.4 is 14.8 Å². The SMILES string of the molecule is COc1cc2c(Nc3ccc(Br)cc3F)ncnc2cc1OCC(O)CN1CCCCC1.Cl. The predicted molar refractivity (Wildman–Crippen MR) is 133 cm³/mol. The van der Waals surface area contributed by atoms with Crippen molar-refractivity contribution >= 4 is 50.7 Å². The molecular formula is C23H27BrClFN4O3. The molecule has 0 amide bonds. The summed E-state index contributed by atoms with van der Waals surface area (Å²) < 4.78 is 26.3. The number of aliphatic hydroxyl groups excluding tert-OH is 1. The van der Waals surface area contributed by atoms with Crippen LogP contribution in [0.25, 0.3) is 10.9 Å².